The van der Waals surface area contributed by atoms with E-state index in [0.29, 0.717) is 18.4 Å². The highest BCUT2D eigenvalue weighted by Gasteiger charge is 2.37. The number of nitrogens with one attached hydrogen (secondary N) is 1. The Labute approximate surface area is 110 Å². The van der Waals surface area contributed by atoms with E-state index in [2.05, 4.69) is 5.32 Å². The van der Waals surface area contributed by atoms with Crippen LogP contribution in [0.4, 0.5) is 0 Å². The van der Waals surface area contributed by atoms with E-state index in [-0.39, 0.29) is 5.92 Å². The predicted molar refractivity (Wildman–Crippen MR) is 72.5 cm³/mol. The number of rotatable bonds is 2. The highest BCUT2D eigenvalue weighted by atomic mass is 16.4. The Morgan fingerprint density at radius 2 is 1.44 bits per heavy atom. The van der Waals surface area contributed by atoms with Crippen molar-refractivity contribution in [3.05, 3.63) is 0 Å². The van der Waals surface area contributed by atoms with Crippen LogP contribution >= 0.6 is 0 Å². The van der Waals surface area contributed by atoms with Gasteiger partial charge in [-0.1, -0.05) is 57.8 Å². The molecule has 0 aromatic carbocycles. The van der Waals surface area contributed by atoms with Gasteiger partial charge in [0.2, 0.25) is 0 Å². The molecule has 0 aromatic rings. The normalized spacial score (nSPS) is 32.2. The number of hydrogen-bond acceptors (Lipinski definition) is 2. The van der Waals surface area contributed by atoms with Gasteiger partial charge in [-0.15, -0.1) is 0 Å². The van der Waals surface area contributed by atoms with Crippen molar-refractivity contribution in [1.82, 2.24) is 5.32 Å². The molecular weight excluding hydrogens is 226 g/mol. The summed E-state index contributed by atoms with van der Waals surface area (Å²) in [4.78, 5) is 11.3. The van der Waals surface area contributed by atoms with Crippen LogP contribution in [0.25, 0.3) is 0 Å². The molecule has 104 valence electrons. The predicted octanol–water partition coefficient (Wildman–Crippen LogP) is 3.05. The lowest BCUT2D eigenvalue weighted by atomic mass is 9.77. The standard InChI is InChI=1S/C15H27NO2/c17-15(18)14-11-16-10-13(14)12-8-6-4-2-1-3-5-7-9-12/h12-14,16H,1-11H2,(H,17,18). The summed E-state index contributed by atoms with van der Waals surface area (Å²) in [5.41, 5.74) is 0. The lowest BCUT2D eigenvalue weighted by Crippen LogP contribution is -2.28. The molecule has 3 heteroatoms. The highest BCUT2D eigenvalue weighted by Crippen LogP contribution is 2.33. The molecule has 2 N–H and O–H groups in total. The van der Waals surface area contributed by atoms with Gasteiger partial charge in [0, 0.05) is 6.54 Å². The van der Waals surface area contributed by atoms with E-state index < -0.39 is 5.97 Å². The molecule has 3 nitrogen and oxygen atoms in total. The molecule has 2 atom stereocenters. The lowest BCUT2D eigenvalue weighted by Gasteiger charge is -2.27. The van der Waals surface area contributed by atoms with E-state index >= 15 is 0 Å². The van der Waals surface area contributed by atoms with Gasteiger partial charge in [0.1, 0.15) is 0 Å². The van der Waals surface area contributed by atoms with Gasteiger partial charge in [0.05, 0.1) is 5.92 Å². The fourth-order valence-corrected chi connectivity index (χ4v) is 3.73. The molecule has 2 fully saturated rings. The maximum absolute atomic E-state index is 11.3. The quantitative estimate of drug-likeness (QED) is 0.795. The van der Waals surface area contributed by atoms with Crippen molar-refractivity contribution in [1.29, 1.82) is 0 Å². The smallest absolute Gasteiger partial charge is 0.308 e. The molecule has 0 radical (unpaired) electrons. The maximum Gasteiger partial charge on any atom is 0.308 e. The lowest BCUT2D eigenvalue weighted by molar-refractivity contribution is -0.143. The first-order chi connectivity index (χ1) is 8.79. The van der Waals surface area contributed by atoms with Crippen LogP contribution in [-0.4, -0.2) is 24.2 Å². The van der Waals surface area contributed by atoms with Gasteiger partial charge < -0.3 is 10.4 Å². The summed E-state index contributed by atoms with van der Waals surface area (Å²) in [5, 5.41) is 12.6. The fraction of sp³-hybridized carbons (Fsp3) is 0.933. The molecule has 0 amide bonds. The van der Waals surface area contributed by atoms with Crippen molar-refractivity contribution in [2.75, 3.05) is 13.1 Å². The number of carbonyl (C=O) groups is 1. The van der Waals surface area contributed by atoms with Crippen molar-refractivity contribution in [3.8, 4) is 0 Å². The van der Waals surface area contributed by atoms with Gasteiger partial charge in [-0.25, -0.2) is 0 Å². The zero-order valence-corrected chi connectivity index (χ0v) is 11.4. The average molecular weight is 253 g/mol. The van der Waals surface area contributed by atoms with Crippen molar-refractivity contribution in [3.63, 3.8) is 0 Å². The van der Waals surface area contributed by atoms with Crippen LogP contribution in [0.2, 0.25) is 0 Å². The summed E-state index contributed by atoms with van der Waals surface area (Å²) in [5.74, 6) is 0.279. The largest absolute Gasteiger partial charge is 0.481 e. The third kappa shape index (κ3) is 3.71. The minimum Gasteiger partial charge on any atom is -0.481 e. The topological polar surface area (TPSA) is 49.3 Å². The van der Waals surface area contributed by atoms with Crippen LogP contribution in [0, 0.1) is 17.8 Å². The third-order valence-corrected chi connectivity index (χ3v) is 4.83. The summed E-state index contributed by atoms with van der Waals surface area (Å²) in [6.45, 7) is 1.60. The highest BCUT2D eigenvalue weighted by molar-refractivity contribution is 5.71. The van der Waals surface area contributed by atoms with E-state index in [0.717, 1.165) is 6.54 Å². The van der Waals surface area contributed by atoms with Gasteiger partial charge in [0.25, 0.3) is 0 Å². The number of carboxylic acids is 1. The van der Waals surface area contributed by atoms with E-state index in [4.69, 9.17) is 0 Å². The molecule has 2 aliphatic rings. The van der Waals surface area contributed by atoms with Crippen LogP contribution in [-0.2, 0) is 4.79 Å². The monoisotopic (exact) mass is 253 g/mol. The van der Waals surface area contributed by atoms with Gasteiger partial charge >= 0.3 is 5.97 Å². The average Bonchev–Trinajstić information content (AvgIpc) is 2.85. The number of aliphatic carboxylic acids is 1. The molecule has 2 unspecified atom stereocenters. The Morgan fingerprint density at radius 1 is 0.889 bits per heavy atom. The van der Waals surface area contributed by atoms with Crippen molar-refractivity contribution in [2.45, 2.75) is 57.8 Å². The molecule has 1 saturated heterocycles. The zero-order chi connectivity index (χ0) is 12.8. The van der Waals surface area contributed by atoms with Crippen LogP contribution in [0.5, 0.6) is 0 Å². The molecule has 0 spiro atoms. The summed E-state index contributed by atoms with van der Waals surface area (Å²) in [7, 11) is 0. The molecule has 1 aliphatic heterocycles. The Hall–Kier alpha value is -0.570. The first-order valence-corrected chi connectivity index (χ1v) is 7.72. The van der Waals surface area contributed by atoms with Gasteiger partial charge in [-0.05, 0) is 18.4 Å². The van der Waals surface area contributed by atoms with E-state index in [9.17, 15) is 9.90 Å². The summed E-state index contributed by atoms with van der Waals surface area (Å²) >= 11 is 0. The summed E-state index contributed by atoms with van der Waals surface area (Å²) in [6.07, 6.45) is 11.9. The Morgan fingerprint density at radius 3 is 2.00 bits per heavy atom. The maximum atomic E-state index is 11.3. The SMILES string of the molecule is O=C(O)C1CNCC1C1CCCCCCCCC1. The molecule has 18 heavy (non-hydrogen) atoms. The number of hydrogen-bond donors (Lipinski definition) is 2. The van der Waals surface area contributed by atoms with E-state index in [1.807, 2.05) is 0 Å². The van der Waals surface area contributed by atoms with Gasteiger partial charge in [-0.2, -0.15) is 0 Å². The van der Waals surface area contributed by atoms with Crippen LogP contribution in [0.3, 0.4) is 0 Å². The van der Waals surface area contributed by atoms with Gasteiger partial charge in [0.15, 0.2) is 0 Å². The number of carboxylic acid groups (broad SMARTS) is 1. The van der Waals surface area contributed by atoms with Crippen LogP contribution in [0.1, 0.15) is 57.8 Å². The zero-order valence-electron chi connectivity index (χ0n) is 11.4. The molecule has 2 rings (SSSR count). The molecule has 1 saturated carbocycles. The summed E-state index contributed by atoms with van der Waals surface area (Å²) in [6, 6.07) is 0. The Kier molecular flexibility index (Phi) is 5.48. The molecule has 0 aromatic heterocycles. The second-order valence-corrected chi connectivity index (χ2v) is 6.08. The second kappa shape index (κ2) is 7.13. The minimum absolute atomic E-state index is 0.141. The first-order valence-electron chi connectivity index (χ1n) is 7.72. The molecular formula is C15H27NO2. The van der Waals surface area contributed by atoms with Gasteiger partial charge in [-0.3, -0.25) is 4.79 Å². The Bertz CT molecular complexity index is 257. The fourth-order valence-electron chi connectivity index (χ4n) is 3.73. The van der Waals surface area contributed by atoms with Crippen LogP contribution in [0.15, 0.2) is 0 Å². The molecule has 0 bridgehead atoms. The van der Waals surface area contributed by atoms with Crippen LogP contribution < -0.4 is 5.32 Å². The van der Waals surface area contributed by atoms with E-state index in [1.54, 1.807) is 0 Å². The molecule has 1 aliphatic carbocycles. The summed E-state index contributed by atoms with van der Waals surface area (Å²) < 4.78 is 0. The first kappa shape index (κ1) is 13.9. The van der Waals surface area contributed by atoms with Crippen molar-refractivity contribution in [2.24, 2.45) is 17.8 Å². The minimum atomic E-state index is -0.595. The second-order valence-electron chi connectivity index (χ2n) is 6.08. The van der Waals surface area contributed by atoms with Crippen molar-refractivity contribution < 1.29 is 9.90 Å². The Balaban J connectivity index is 1.92. The third-order valence-electron chi connectivity index (χ3n) is 4.83. The molecule has 1 heterocycles. The van der Waals surface area contributed by atoms with E-state index in [1.165, 1.54) is 57.8 Å². The van der Waals surface area contributed by atoms with Crippen molar-refractivity contribution >= 4 is 5.97 Å².